The first-order valence-corrected chi connectivity index (χ1v) is 13.2. The average molecular weight is 546 g/mol. The predicted molar refractivity (Wildman–Crippen MR) is 141 cm³/mol. The molecule has 1 spiro atoms. The van der Waals surface area contributed by atoms with Crippen molar-refractivity contribution in [3.05, 3.63) is 41.2 Å². The number of para-hydroxylation sites is 1. The number of benzene rings is 1. The third-order valence-corrected chi connectivity index (χ3v) is 7.40. The fourth-order valence-corrected chi connectivity index (χ4v) is 5.45. The molecule has 0 aromatic heterocycles. The Morgan fingerprint density at radius 1 is 1.21 bits per heavy atom. The van der Waals surface area contributed by atoms with Crippen LogP contribution in [0.5, 0.6) is 0 Å². The van der Waals surface area contributed by atoms with Crippen LogP contribution in [0.2, 0.25) is 0 Å². The summed E-state index contributed by atoms with van der Waals surface area (Å²) in [5.41, 5.74) is 0.295. The molecule has 1 aromatic carbocycles. The van der Waals surface area contributed by atoms with Crippen molar-refractivity contribution in [1.82, 2.24) is 15.1 Å². The average Bonchev–Trinajstić information content (AvgIpc) is 3.38. The summed E-state index contributed by atoms with van der Waals surface area (Å²) in [5.74, 6) is -7.14. The SMILES string of the molecule is [C-]#[N+][C@@H]1C[C@@]2(CN1C(=O)[C@H](CC(C)C)N(C)C(=O)[C@H](C)NC(=O)C(F)(F)CC(C)C)C(=O)Nc1ccccc12. The summed E-state index contributed by atoms with van der Waals surface area (Å²) in [6.45, 7) is 15.9. The molecule has 2 N–H and O–H groups in total. The summed E-state index contributed by atoms with van der Waals surface area (Å²) in [6.07, 6.45) is -1.22. The Morgan fingerprint density at radius 2 is 1.85 bits per heavy atom. The number of hydrogen-bond donors (Lipinski definition) is 2. The highest BCUT2D eigenvalue weighted by Crippen LogP contribution is 2.47. The maximum Gasteiger partial charge on any atom is 0.324 e. The van der Waals surface area contributed by atoms with E-state index < -0.39 is 59.6 Å². The first-order chi connectivity index (χ1) is 18.1. The van der Waals surface area contributed by atoms with E-state index in [4.69, 9.17) is 6.57 Å². The predicted octanol–water partition coefficient (Wildman–Crippen LogP) is 3.41. The van der Waals surface area contributed by atoms with Gasteiger partial charge < -0.3 is 15.5 Å². The third kappa shape index (κ3) is 5.89. The molecule has 1 fully saturated rings. The van der Waals surface area contributed by atoms with Gasteiger partial charge in [0.2, 0.25) is 11.8 Å². The lowest BCUT2D eigenvalue weighted by molar-refractivity contribution is -0.152. The highest BCUT2D eigenvalue weighted by molar-refractivity contribution is 6.07. The van der Waals surface area contributed by atoms with Gasteiger partial charge in [0.1, 0.15) is 17.5 Å². The van der Waals surface area contributed by atoms with E-state index in [1.54, 1.807) is 32.0 Å². The first kappa shape index (κ1) is 30.0. The number of hydrogen-bond acceptors (Lipinski definition) is 4. The van der Waals surface area contributed by atoms with Crippen LogP contribution in [0.4, 0.5) is 14.5 Å². The smallest absolute Gasteiger partial charge is 0.324 e. The number of fused-ring (bicyclic) bond motifs is 2. The molecule has 1 saturated heterocycles. The van der Waals surface area contributed by atoms with E-state index in [0.29, 0.717) is 5.69 Å². The molecule has 0 radical (unpaired) electrons. The lowest BCUT2D eigenvalue weighted by Crippen LogP contribution is -2.56. The van der Waals surface area contributed by atoms with Crippen LogP contribution in [0, 0.1) is 18.4 Å². The quantitative estimate of drug-likeness (QED) is 0.464. The van der Waals surface area contributed by atoms with Crippen LogP contribution in [0.25, 0.3) is 4.85 Å². The van der Waals surface area contributed by atoms with E-state index in [2.05, 4.69) is 15.5 Å². The van der Waals surface area contributed by atoms with E-state index in [1.165, 1.54) is 18.9 Å². The number of nitrogens with zero attached hydrogens (tertiary/aromatic N) is 3. The molecular formula is C28H37F2N5O4. The number of likely N-dealkylation sites (tertiary alicyclic amines) is 1. The Kier molecular flexibility index (Phi) is 8.68. The van der Waals surface area contributed by atoms with Crippen molar-refractivity contribution in [2.24, 2.45) is 11.8 Å². The highest BCUT2D eigenvalue weighted by atomic mass is 19.3. The Labute approximate surface area is 228 Å². The zero-order chi connectivity index (χ0) is 29.3. The number of rotatable bonds is 9. The molecule has 0 unspecified atom stereocenters. The molecular weight excluding hydrogens is 508 g/mol. The number of likely N-dealkylation sites (N-methyl/N-ethyl adjacent to an activating group) is 1. The van der Waals surface area contributed by atoms with Gasteiger partial charge in [0.25, 0.3) is 11.8 Å². The molecule has 9 nitrogen and oxygen atoms in total. The second kappa shape index (κ2) is 11.3. The third-order valence-electron chi connectivity index (χ3n) is 7.40. The van der Waals surface area contributed by atoms with E-state index in [-0.39, 0.29) is 31.2 Å². The molecule has 3 rings (SSSR count). The number of halogens is 2. The van der Waals surface area contributed by atoms with Gasteiger partial charge in [-0.2, -0.15) is 8.78 Å². The van der Waals surface area contributed by atoms with Gasteiger partial charge >= 0.3 is 12.1 Å². The Hall–Kier alpha value is -3.55. The fourth-order valence-electron chi connectivity index (χ4n) is 5.45. The van der Waals surface area contributed by atoms with Gasteiger partial charge in [-0.3, -0.25) is 28.9 Å². The second-order valence-corrected chi connectivity index (χ2v) is 11.5. The van der Waals surface area contributed by atoms with Crippen LogP contribution in [0.1, 0.15) is 59.4 Å². The standard InChI is InChI=1S/C28H37F2N5O4/c1-16(2)12-21(34(7)23(36)18(5)32-26(39)28(29,30)13-17(3)4)24(37)35-15-27(14-22(35)31-6)19-10-8-9-11-20(19)33-25(27)38/h8-11,16-18,21-22H,12-15H2,1-5,7H3,(H,32,39)(H,33,38)/t18-,21-,22-,27-/m0/s1. The molecule has 2 heterocycles. The minimum Gasteiger partial charge on any atom is -0.339 e. The van der Waals surface area contributed by atoms with Crippen molar-refractivity contribution in [3.8, 4) is 0 Å². The van der Waals surface area contributed by atoms with Crippen molar-refractivity contribution in [2.75, 3.05) is 18.9 Å². The zero-order valence-electron chi connectivity index (χ0n) is 23.3. The molecule has 2 aliphatic rings. The molecule has 0 aliphatic carbocycles. The Bertz CT molecular complexity index is 1180. The van der Waals surface area contributed by atoms with Gasteiger partial charge in [0.15, 0.2) is 0 Å². The monoisotopic (exact) mass is 545 g/mol. The van der Waals surface area contributed by atoms with Gasteiger partial charge in [-0.15, -0.1) is 0 Å². The topological polar surface area (TPSA) is 103 Å². The van der Waals surface area contributed by atoms with Gasteiger partial charge in [0, 0.05) is 25.7 Å². The van der Waals surface area contributed by atoms with Gasteiger partial charge in [-0.05, 0) is 36.8 Å². The number of alkyl halides is 2. The van der Waals surface area contributed by atoms with Crippen LogP contribution >= 0.6 is 0 Å². The van der Waals surface area contributed by atoms with Crippen molar-refractivity contribution in [1.29, 1.82) is 0 Å². The summed E-state index contributed by atoms with van der Waals surface area (Å²) in [6, 6.07) is 4.84. The van der Waals surface area contributed by atoms with E-state index in [1.807, 2.05) is 19.9 Å². The Balaban J connectivity index is 1.84. The summed E-state index contributed by atoms with van der Waals surface area (Å²) in [7, 11) is 1.39. The van der Waals surface area contributed by atoms with Crippen molar-refractivity contribution >= 4 is 29.3 Å². The molecule has 11 heteroatoms. The van der Waals surface area contributed by atoms with Crippen LogP contribution in [0.3, 0.4) is 0 Å². The molecule has 212 valence electrons. The number of carbonyl (C=O) groups excluding carboxylic acids is 4. The largest absolute Gasteiger partial charge is 0.339 e. The number of carbonyl (C=O) groups is 4. The van der Waals surface area contributed by atoms with Crippen LogP contribution in [-0.4, -0.2) is 71.2 Å². The zero-order valence-corrected chi connectivity index (χ0v) is 23.3. The molecule has 4 amide bonds. The normalized spacial score (nSPS) is 21.9. The van der Waals surface area contributed by atoms with Crippen molar-refractivity contribution in [3.63, 3.8) is 0 Å². The first-order valence-electron chi connectivity index (χ1n) is 13.2. The van der Waals surface area contributed by atoms with E-state index >= 15 is 0 Å². The fraction of sp³-hybridized carbons (Fsp3) is 0.607. The molecule has 0 bridgehead atoms. The molecule has 4 atom stereocenters. The van der Waals surface area contributed by atoms with E-state index in [0.717, 1.165) is 10.5 Å². The van der Waals surface area contributed by atoms with E-state index in [9.17, 15) is 28.0 Å². The lowest BCUT2D eigenvalue weighted by Gasteiger charge is -2.34. The molecule has 0 saturated carbocycles. The minimum atomic E-state index is -3.64. The van der Waals surface area contributed by atoms with Gasteiger partial charge in [-0.25, -0.2) is 6.57 Å². The van der Waals surface area contributed by atoms with Gasteiger partial charge in [0.05, 0.1) is 6.42 Å². The molecule has 1 aromatic rings. The summed E-state index contributed by atoms with van der Waals surface area (Å²) in [4.78, 5) is 58.6. The number of nitrogens with one attached hydrogen (secondary N) is 2. The number of amides is 4. The molecule has 39 heavy (non-hydrogen) atoms. The van der Waals surface area contributed by atoms with Crippen molar-refractivity contribution in [2.45, 2.75) is 83.5 Å². The summed E-state index contributed by atoms with van der Waals surface area (Å²) < 4.78 is 28.5. The summed E-state index contributed by atoms with van der Waals surface area (Å²) in [5, 5.41) is 4.94. The molecule has 2 aliphatic heterocycles. The van der Waals surface area contributed by atoms with Crippen LogP contribution in [0.15, 0.2) is 24.3 Å². The maximum absolute atomic E-state index is 14.3. The van der Waals surface area contributed by atoms with Crippen LogP contribution < -0.4 is 10.6 Å². The maximum atomic E-state index is 14.3. The van der Waals surface area contributed by atoms with Crippen LogP contribution in [-0.2, 0) is 24.6 Å². The van der Waals surface area contributed by atoms with Gasteiger partial charge in [-0.1, -0.05) is 45.9 Å². The highest BCUT2D eigenvalue weighted by Gasteiger charge is 2.59. The Morgan fingerprint density at radius 3 is 2.44 bits per heavy atom. The minimum absolute atomic E-state index is 0.0218. The number of anilines is 1. The second-order valence-electron chi connectivity index (χ2n) is 11.5. The lowest BCUT2D eigenvalue weighted by atomic mass is 9.80. The van der Waals surface area contributed by atoms with Crippen molar-refractivity contribution < 1.29 is 28.0 Å². The summed E-state index contributed by atoms with van der Waals surface area (Å²) >= 11 is 0.